The summed E-state index contributed by atoms with van der Waals surface area (Å²) in [5.74, 6) is 1.41. The van der Waals surface area contributed by atoms with E-state index >= 15 is 0 Å². The summed E-state index contributed by atoms with van der Waals surface area (Å²) in [7, 11) is 0. The number of anilines is 1. The molecule has 5 rings (SSSR count). The highest BCUT2D eigenvalue weighted by molar-refractivity contribution is 8.26. The Morgan fingerprint density at radius 1 is 1.11 bits per heavy atom. The first kappa shape index (κ1) is 25.7. The van der Waals surface area contributed by atoms with E-state index in [1.54, 1.807) is 15.4 Å². The van der Waals surface area contributed by atoms with Crippen LogP contribution in [0, 0.1) is 18.8 Å². The molecule has 0 unspecified atom stereocenters. The number of rotatable bonds is 6. The summed E-state index contributed by atoms with van der Waals surface area (Å²) in [5.41, 5.74) is 3.24. The van der Waals surface area contributed by atoms with Crippen LogP contribution in [0.25, 0.3) is 11.7 Å². The van der Waals surface area contributed by atoms with E-state index in [2.05, 4.69) is 49.1 Å². The number of carbonyl (C=O) groups excluding carboxylic acids is 1. The Hall–Kier alpha value is -2.97. The van der Waals surface area contributed by atoms with Gasteiger partial charge in [-0.15, -0.1) is 0 Å². The zero-order valence-corrected chi connectivity index (χ0v) is 23.1. The van der Waals surface area contributed by atoms with Crippen LogP contribution >= 0.6 is 24.0 Å². The van der Waals surface area contributed by atoms with Gasteiger partial charge in [0, 0.05) is 25.8 Å². The summed E-state index contributed by atoms with van der Waals surface area (Å²) >= 11 is 6.77. The van der Waals surface area contributed by atoms with E-state index in [0.717, 1.165) is 37.9 Å². The number of piperidine rings is 1. The van der Waals surface area contributed by atoms with Crippen molar-refractivity contribution in [2.24, 2.45) is 11.8 Å². The van der Waals surface area contributed by atoms with Crippen molar-refractivity contribution < 1.29 is 4.79 Å². The topological polar surface area (TPSA) is 57.9 Å². The third-order valence-corrected chi connectivity index (χ3v) is 8.34. The van der Waals surface area contributed by atoms with Gasteiger partial charge >= 0.3 is 0 Å². The highest BCUT2D eigenvalue weighted by Crippen LogP contribution is 2.34. The van der Waals surface area contributed by atoms with Crippen LogP contribution in [0.15, 0.2) is 58.4 Å². The number of fused-ring (bicyclic) bond motifs is 1. The highest BCUT2D eigenvalue weighted by Gasteiger charge is 2.33. The van der Waals surface area contributed by atoms with Crippen molar-refractivity contribution >= 4 is 51.7 Å². The summed E-state index contributed by atoms with van der Waals surface area (Å²) in [6.45, 7) is 8.28. The second-order valence-corrected chi connectivity index (χ2v) is 12.1. The molecule has 0 N–H and O–H groups in total. The first-order valence-electron chi connectivity index (χ1n) is 12.9. The second-order valence-electron chi connectivity index (χ2n) is 10.4. The number of pyridine rings is 1. The van der Waals surface area contributed by atoms with E-state index in [1.165, 1.54) is 17.3 Å². The number of aromatic nitrogens is 2. The van der Waals surface area contributed by atoms with Gasteiger partial charge in [-0.1, -0.05) is 74.2 Å². The number of hydrogen-bond acceptors (Lipinski definition) is 6. The van der Waals surface area contributed by atoms with Crippen molar-refractivity contribution in [2.75, 3.05) is 24.5 Å². The van der Waals surface area contributed by atoms with E-state index < -0.39 is 0 Å². The summed E-state index contributed by atoms with van der Waals surface area (Å²) in [5, 5.41) is 0. The molecule has 3 aromatic rings. The number of amides is 1. The van der Waals surface area contributed by atoms with Crippen molar-refractivity contribution in [1.82, 2.24) is 14.3 Å². The fourth-order valence-corrected chi connectivity index (χ4v) is 6.32. The Labute approximate surface area is 227 Å². The summed E-state index contributed by atoms with van der Waals surface area (Å²) in [6.07, 6.45) is 6.64. The molecule has 1 aromatic carbocycles. The zero-order chi connectivity index (χ0) is 26.1. The molecular formula is C29H32N4O2S2. The quantitative estimate of drug-likeness (QED) is 0.316. The third-order valence-electron chi connectivity index (χ3n) is 6.96. The van der Waals surface area contributed by atoms with Gasteiger partial charge in [0.05, 0.1) is 10.5 Å². The lowest BCUT2D eigenvalue weighted by molar-refractivity contribution is -0.122. The second kappa shape index (κ2) is 10.8. The van der Waals surface area contributed by atoms with Crippen molar-refractivity contribution in [3.8, 4) is 0 Å². The summed E-state index contributed by atoms with van der Waals surface area (Å²) in [4.78, 5) is 36.2. The average molecular weight is 533 g/mol. The standard InChI is InChI=1S/C29H32N4O2S2/c1-19(2)17-33-28(35)24(37-29(33)36)16-23-26(30-25-10-9-20(3)18-32(25)27(23)34)31-13-11-22(12-14-31)15-21-7-5-4-6-8-21/h4-10,16,18-19,22H,11-15,17H2,1-3H3. The molecule has 192 valence electrons. The van der Waals surface area contributed by atoms with Gasteiger partial charge in [-0.25, -0.2) is 4.98 Å². The van der Waals surface area contributed by atoms with Gasteiger partial charge in [-0.2, -0.15) is 0 Å². The molecule has 0 radical (unpaired) electrons. The maximum absolute atomic E-state index is 13.8. The predicted octanol–water partition coefficient (Wildman–Crippen LogP) is 5.32. The Balaban J connectivity index is 1.48. The van der Waals surface area contributed by atoms with E-state index in [-0.39, 0.29) is 11.5 Å². The first-order valence-corrected chi connectivity index (χ1v) is 14.1. The monoisotopic (exact) mass is 532 g/mol. The maximum atomic E-state index is 13.8. The molecule has 0 saturated carbocycles. The molecule has 2 aliphatic heterocycles. The van der Waals surface area contributed by atoms with Crippen LogP contribution in [-0.2, 0) is 11.2 Å². The van der Waals surface area contributed by atoms with Crippen molar-refractivity contribution in [1.29, 1.82) is 0 Å². The molecule has 0 aliphatic carbocycles. The van der Waals surface area contributed by atoms with Crippen LogP contribution in [0.5, 0.6) is 0 Å². The first-order chi connectivity index (χ1) is 17.8. The zero-order valence-electron chi connectivity index (χ0n) is 21.5. The molecule has 6 nitrogen and oxygen atoms in total. The van der Waals surface area contributed by atoms with E-state index in [4.69, 9.17) is 17.2 Å². The van der Waals surface area contributed by atoms with Gasteiger partial charge in [-0.3, -0.25) is 18.9 Å². The number of aryl methyl sites for hydroxylation is 1. The molecule has 4 heterocycles. The number of thioether (sulfide) groups is 1. The fraction of sp³-hybridized carbons (Fsp3) is 0.379. The molecule has 2 aromatic heterocycles. The molecule has 0 atom stereocenters. The van der Waals surface area contributed by atoms with Crippen LogP contribution in [-0.4, -0.2) is 44.1 Å². The van der Waals surface area contributed by atoms with Gasteiger partial charge < -0.3 is 4.90 Å². The molecule has 0 bridgehead atoms. The Morgan fingerprint density at radius 3 is 2.54 bits per heavy atom. The molecule has 8 heteroatoms. The lowest BCUT2D eigenvalue weighted by atomic mass is 9.90. The van der Waals surface area contributed by atoms with Crippen LogP contribution in [0.4, 0.5) is 5.82 Å². The van der Waals surface area contributed by atoms with Crippen molar-refractivity contribution in [3.05, 3.63) is 80.6 Å². The van der Waals surface area contributed by atoms with E-state index in [1.807, 2.05) is 25.3 Å². The molecule has 2 saturated heterocycles. The average Bonchev–Trinajstić information content (AvgIpc) is 3.14. The van der Waals surface area contributed by atoms with Gasteiger partial charge in [0.25, 0.3) is 11.5 Å². The molecule has 37 heavy (non-hydrogen) atoms. The van der Waals surface area contributed by atoms with Gasteiger partial charge in [0.15, 0.2) is 0 Å². The van der Waals surface area contributed by atoms with Crippen LogP contribution in [0.3, 0.4) is 0 Å². The minimum atomic E-state index is -0.163. The van der Waals surface area contributed by atoms with Gasteiger partial charge in [-0.05, 0) is 61.3 Å². The third kappa shape index (κ3) is 5.50. The molecule has 2 aliphatic rings. The van der Waals surface area contributed by atoms with Crippen LogP contribution in [0.1, 0.15) is 43.4 Å². The number of thiocarbonyl (C=S) groups is 1. The van der Waals surface area contributed by atoms with Gasteiger partial charge in [0.2, 0.25) is 0 Å². The minimum absolute atomic E-state index is 0.134. The number of carbonyl (C=O) groups is 1. The predicted molar refractivity (Wildman–Crippen MR) is 156 cm³/mol. The van der Waals surface area contributed by atoms with Crippen LogP contribution in [0.2, 0.25) is 0 Å². The Bertz CT molecular complexity index is 1420. The number of nitrogens with zero attached hydrogens (tertiary/aromatic N) is 4. The van der Waals surface area contributed by atoms with Crippen LogP contribution < -0.4 is 10.5 Å². The Kier molecular flexibility index (Phi) is 7.49. The number of benzene rings is 1. The fourth-order valence-electron chi connectivity index (χ4n) is 5.06. The maximum Gasteiger partial charge on any atom is 0.267 e. The smallest absolute Gasteiger partial charge is 0.267 e. The molecule has 0 spiro atoms. The van der Waals surface area contributed by atoms with E-state index in [9.17, 15) is 9.59 Å². The SMILES string of the molecule is Cc1ccc2nc(N3CCC(Cc4ccccc4)CC3)c(C=C3SC(=S)N(CC(C)C)C3=O)c(=O)n2c1. The minimum Gasteiger partial charge on any atom is -0.356 e. The van der Waals surface area contributed by atoms with Crippen molar-refractivity contribution in [2.45, 2.75) is 40.0 Å². The lowest BCUT2D eigenvalue weighted by Gasteiger charge is -2.33. The van der Waals surface area contributed by atoms with Gasteiger partial charge in [0.1, 0.15) is 15.8 Å². The largest absolute Gasteiger partial charge is 0.356 e. The Morgan fingerprint density at radius 2 is 1.84 bits per heavy atom. The molecule has 2 fully saturated rings. The molecular weight excluding hydrogens is 500 g/mol. The number of hydrogen-bond donors (Lipinski definition) is 0. The summed E-state index contributed by atoms with van der Waals surface area (Å²) in [6, 6.07) is 14.5. The lowest BCUT2D eigenvalue weighted by Crippen LogP contribution is -2.37. The summed E-state index contributed by atoms with van der Waals surface area (Å²) < 4.78 is 2.12. The highest BCUT2D eigenvalue weighted by atomic mass is 32.2. The van der Waals surface area contributed by atoms with Crippen molar-refractivity contribution in [3.63, 3.8) is 0 Å². The molecule has 1 amide bonds. The normalized spacial score (nSPS) is 18.1. The van der Waals surface area contributed by atoms with E-state index in [0.29, 0.717) is 44.6 Å².